The number of nitrogens with zero attached hydrogens (tertiary/aromatic N) is 2. The van der Waals surface area contributed by atoms with Gasteiger partial charge < -0.3 is 9.13 Å². The van der Waals surface area contributed by atoms with Crippen molar-refractivity contribution in [1.29, 1.82) is 0 Å². The second kappa shape index (κ2) is 20.0. The summed E-state index contributed by atoms with van der Waals surface area (Å²) >= 11 is 0. The molecule has 0 amide bonds. The molecule has 7 aromatic rings. The van der Waals surface area contributed by atoms with E-state index in [1.54, 1.807) is 33.4 Å². The van der Waals surface area contributed by atoms with E-state index in [1.807, 2.05) is 0 Å². The number of aromatic nitrogens is 2. The van der Waals surface area contributed by atoms with Gasteiger partial charge in [-0.15, -0.1) is 0 Å². The SMILES string of the molecule is O=c1c2ccccc2n(-c2c(C3C4CC5CC(C4)CC3C5)cc(C3C4CC5CC(C4)CC3C5)cc2C2C3CC4CC(C3)CC2C4)c2cc3c(=O)c4ccccc4n(-c4c(C5C6CC7CC(C6)CC5C7)cc(C5C6CC7CC(C6)CC5C7)cc4C4C5CC6CC(C5)CC4C6)c3cc12. The van der Waals surface area contributed by atoms with Gasteiger partial charge in [0.1, 0.15) is 0 Å². The molecule has 24 fully saturated rings. The monoisotopic (exact) mass is 1270 g/mol. The van der Waals surface area contributed by atoms with Gasteiger partial charge in [0.05, 0.1) is 33.4 Å². The van der Waals surface area contributed by atoms with Crippen LogP contribution < -0.4 is 10.9 Å². The van der Waals surface area contributed by atoms with Crippen LogP contribution in [0.4, 0.5) is 0 Å². The van der Waals surface area contributed by atoms with Crippen molar-refractivity contribution in [3.05, 3.63) is 139 Å². The number of pyridine rings is 2. The van der Waals surface area contributed by atoms with Gasteiger partial charge in [0.2, 0.25) is 0 Å². The normalized spacial score (nSPS) is 46.2. The lowest BCUT2D eigenvalue weighted by molar-refractivity contribution is -0.00736. The molecule has 0 aliphatic heterocycles. The summed E-state index contributed by atoms with van der Waals surface area (Å²) in [4.78, 5) is 33.4. The van der Waals surface area contributed by atoms with E-state index in [0.717, 1.165) is 186 Å². The van der Waals surface area contributed by atoms with Crippen LogP contribution in [-0.2, 0) is 0 Å². The molecule has 31 rings (SSSR count). The second-order valence-electron chi connectivity index (χ2n) is 40.1. The molecule has 5 aromatic carbocycles. The van der Waals surface area contributed by atoms with E-state index in [1.165, 1.54) is 204 Å². The number of para-hydroxylation sites is 2. The van der Waals surface area contributed by atoms with E-state index in [4.69, 9.17) is 0 Å². The zero-order chi connectivity index (χ0) is 62.0. The van der Waals surface area contributed by atoms with Gasteiger partial charge in [-0.25, -0.2) is 0 Å². The van der Waals surface area contributed by atoms with Crippen molar-refractivity contribution in [2.75, 3.05) is 0 Å². The van der Waals surface area contributed by atoms with Gasteiger partial charge >= 0.3 is 0 Å². The van der Waals surface area contributed by atoms with Gasteiger partial charge in [0, 0.05) is 21.5 Å². The third kappa shape index (κ3) is 7.82. The van der Waals surface area contributed by atoms with Gasteiger partial charge in [-0.1, -0.05) is 48.5 Å². The van der Waals surface area contributed by atoms with Crippen molar-refractivity contribution in [2.24, 2.45) is 142 Å². The Hall–Kier alpha value is -4.96. The Bertz CT molecular complexity index is 4040. The molecule has 24 saturated carbocycles. The first kappa shape index (κ1) is 55.8. The van der Waals surface area contributed by atoms with E-state index in [9.17, 15) is 0 Å². The lowest BCUT2D eigenvalue weighted by Crippen LogP contribution is -2.46. The van der Waals surface area contributed by atoms with Crippen LogP contribution in [-0.4, -0.2) is 9.13 Å². The van der Waals surface area contributed by atoms with Gasteiger partial charge in [-0.05, 0) is 440 Å². The Kier molecular flexibility index (Phi) is 11.6. The van der Waals surface area contributed by atoms with Crippen molar-refractivity contribution >= 4 is 43.6 Å². The number of rotatable bonds is 8. The highest BCUT2D eigenvalue weighted by Crippen LogP contribution is 2.70. The van der Waals surface area contributed by atoms with Crippen molar-refractivity contribution in [3.8, 4) is 11.4 Å². The van der Waals surface area contributed by atoms with E-state index < -0.39 is 0 Å². The summed E-state index contributed by atoms with van der Waals surface area (Å²) in [5.41, 5.74) is 17.7. The standard InChI is InChI=1S/C92H104N2O2/c95-91-71-5-1-3-7-79(71)93(89-75(85-61-23-49-11-50(25-61)26-62(85)24-49)39-69(83-57-15-45-9-46(17-57)18-58(83)16-45)40-76(89)86-63-27-51-12-52(29-63)30-64(86)28-51)81-44-74-82(43-73(81)91)94(80-8-4-2-6-72(80)92(74)96)90-77(87-65-31-53-13-54(33-65)34-66(87)32-53)41-70(84-59-19-47-10-48(21-59)22-60(84)20-47)42-78(90)88-67-35-55-14-56(37-67)38-68(88)36-55/h1-8,39-68,83-88H,9-38H2. The molecule has 4 heteroatoms. The lowest BCUT2D eigenvalue weighted by atomic mass is 9.48. The average Bonchev–Trinajstić information content (AvgIpc) is 0.700. The maximum atomic E-state index is 16.7. The molecule has 0 atom stereocenters. The summed E-state index contributed by atoms with van der Waals surface area (Å²) in [5, 5.41) is 3.39. The number of fused-ring (bicyclic) bond motifs is 4. The highest BCUT2D eigenvalue weighted by molar-refractivity contribution is 6.06. The first-order valence-electron chi connectivity index (χ1n) is 41.6. The molecular weight excluding hydrogens is 1170 g/mol. The first-order valence-corrected chi connectivity index (χ1v) is 41.6. The highest BCUT2D eigenvalue weighted by Gasteiger charge is 2.58. The molecule has 0 saturated heterocycles. The molecule has 2 heterocycles. The Labute approximate surface area is 569 Å². The van der Waals surface area contributed by atoms with Gasteiger partial charge in [-0.3, -0.25) is 9.59 Å². The molecule has 494 valence electrons. The average molecular weight is 1270 g/mol. The number of hydrogen-bond donors (Lipinski definition) is 0. The molecule has 0 radical (unpaired) electrons. The van der Waals surface area contributed by atoms with Crippen LogP contribution in [0.25, 0.3) is 55.0 Å². The van der Waals surface area contributed by atoms with Crippen LogP contribution in [0.1, 0.15) is 262 Å². The zero-order valence-corrected chi connectivity index (χ0v) is 57.3. The fourth-order valence-electron chi connectivity index (χ4n) is 34.1. The summed E-state index contributed by atoms with van der Waals surface area (Å²) in [6.07, 6.45) is 42.9. The minimum Gasteiger partial charge on any atom is -0.308 e. The summed E-state index contributed by atoms with van der Waals surface area (Å²) in [5.74, 6) is 23.5. The van der Waals surface area contributed by atoms with Crippen LogP contribution in [0.15, 0.2) is 94.5 Å². The first-order chi connectivity index (χ1) is 47.2. The largest absolute Gasteiger partial charge is 0.308 e. The Morgan fingerprint density at radius 2 is 0.427 bits per heavy atom. The fraction of sp³-hybridized carbons (Fsp3) is 0.652. The Balaban J connectivity index is 0.785. The van der Waals surface area contributed by atoms with E-state index >= 15 is 9.59 Å². The highest BCUT2D eigenvalue weighted by atomic mass is 16.1. The minimum atomic E-state index is 0.156. The third-order valence-corrected chi connectivity index (χ3v) is 35.3. The maximum absolute atomic E-state index is 16.7. The molecule has 0 unspecified atom stereocenters. The number of benzene rings is 5. The lowest BCUT2D eigenvalue weighted by Gasteiger charge is -2.57. The van der Waals surface area contributed by atoms with Gasteiger partial charge in [0.15, 0.2) is 10.9 Å². The van der Waals surface area contributed by atoms with Gasteiger partial charge in [-0.2, -0.15) is 0 Å². The summed E-state index contributed by atoms with van der Waals surface area (Å²) in [6.45, 7) is 0. The predicted octanol–water partition coefficient (Wildman–Crippen LogP) is 21.8. The molecule has 4 nitrogen and oxygen atoms in total. The van der Waals surface area contributed by atoms with Crippen LogP contribution in [0.5, 0.6) is 0 Å². The van der Waals surface area contributed by atoms with Crippen molar-refractivity contribution in [3.63, 3.8) is 0 Å². The Morgan fingerprint density at radius 1 is 0.219 bits per heavy atom. The maximum Gasteiger partial charge on any atom is 0.197 e. The van der Waals surface area contributed by atoms with Crippen LogP contribution in [0, 0.1) is 142 Å². The predicted molar refractivity (Wildman–Crippen MR) is 386 cm³/mol. The molecule has 2 aromatic heterocycles. The van der Waals surface area contributed by atoms with Crippen molar-refractivity contribution in [2.45, 2.75) is 228 Å². The molecule has 24 aliphatic rings. The molecule has 24 bridgehead atoms. The topological polar surface area (TPSA) is 44.0 Å². The fourth-order valence-corrected chi connectivity index (χ4v) is 34.1. The summed E-state index contributed by atoms with van der Waals surface area (Å²) in [7, 11) is 0. The molecule has 96 heavy (non-hydrogen) atoms. The summed E-state index contributed by atoms with van der Waals surface area (Å²) < 4.78 is 5.57. The van der Waals surface area contributed by atoms with E-state index in [2.05, 4.69) is 94.1 Å². The molecule has 0 N–H and O–H groups in total. The second-order valence-corrected chi connectivity index (χ2v) is 40.1. The molecule has 24 aliphatic carbocycles. The van der Waals surface area contributed by atoms with Gasteiger partial charge in [0.25, 0.3) is 0 Å². The third-order valence-electron chi connectivity index (χ3n) is 35.3. The molecular formula is C92H104N2O2. The molecule has 0 spiro atoms. The van der Waals surface area contributed by atoms with Crippen LogP contribution in [0.2, 0.25) is 0 Å². The summed E-state index contributed by atoms with van der Waals surface area (Å²) in [6, 6.07) is 34.7. The van der Waals surface area contributed by atoms with E-state index in [0.29, 0.717) is 35.5 Å². The van der Waals surface area contributed by atoms with E-state index in [-0.39, 0.29) is 10.9 Å². The van der Waals surface area contributed by atoms with Crippen molar-refractivity contribution < 1.29 is 0 Å². The number of hydrogen-bond acceptors (Lipinski definition) is 2. The van der Waals surface area contributed by atoms with Crippen LogP contribution in [0.3, 0.4) is 0 Å². The quantitative estimate of drug-likeness (QED) is 0.142. The van der Waals surface area contributed by atoms with Crippen molar-refractivity contribution in [1.82, 2.24) is 9.13 Å². The van der Waals surface area contributed by atoms with Crippen LogP contribution >= 0.6 is 0 Å². The minimum absolute atomic E-state index is 0.156. The zero-order valence-electron chi connectivity index (χ0n) is 57.3. The Morgan fingerprint density at radius 3 is 0.656 bits per heavy atom. The smallest absolute Gasteiger partial charge is 0.197 e.